The number of carbonyl (C=O) groups excluding carboxylic acids is 1. The standard InChI is InChI=1S/C26H31N5O4/c1-18(32)17-34-24-10-11-27-26(30-24)28-20-6-8-21(9-7-20)35-25-22-5-3-2-4-19(22)16-23(29-25)31-12-14-33-15-13-31/h2-5,10-11,16,20-21H,6-9,12-15,17H2,1H3,(H,27,28,30). The van der Waals surface area contributed by atoms with Gasteiger partial charge in [-0.2, -0.15) is 9.97 Å². The molecule has 2 aliphatic rings. The number of hydrogen-bond acceptors (Lipinski definition) is 9. The summed E-state index contributed by atoms with van der Waals surface area (Å²) in [7, 11) is 0. The number of pyridine rings is 1. The molecule has 1 aliphatic carbocycles. The topological polar surface area (TPSA) is 98.7 Å². The van der Waals surface area contributed by atoms with Crippen LogP contribution in [0.3, 0.4) is 0 Å². The minimum absolute atomic E-state index is 0.00829. The molecule has 0 bridgehead atoms. The smallest absolute Gasteiger partial charge is 0.226 e. The highest BCUT2D eigenvalue weighted by Gasteiger charge is 2.25. The zero-order valence-corrected chi connectivity index (χ0v) is 20.0. The molecule has 35 heavy (non-hydrogen) atoms. The van der Waals surface area contributed by atoms with Gasteiger partial charge in [-0.25, -0.2) is 4.98 Å². The summed E-state index contributed by atoms with van der Waals surface area (Å²) in [5.41, 5.74) is 0. The van der Waals surface area contributed by atoms with Gasteiger partial charge in [0.1, 0.15) is 18.5 Å². The summed E-state index contributed by atoms with van der Waals surface area (Å²) in [5, 5.41) is 5.58. The van der Waals surface area contributed by atoms with Crippen LogP contribution in [-0.4, -0.2) is 65.8 Å². The number of Topliss-reactive ketones (excluding diaryl/α,β-unsaturated/α-hetero) is 1. The maximum Gasteiger partial charge on any atom is 0.226 e. The van der Waals surface area contributed by atoms with Crippen molar-refractivity contribution in [3.63, 3.8) is 0 Å². The SMILES string of the molecule is CC(=O)COc1ccnc(NC2CCC(Oc3nc(N4CCOCC4)cc4ccccc34)CC2)n1. The van der Waals surface area contributed by atoms with Crippen LogP contribution >= 0.6 is 0 Å². The monoisotopic (exact) mass is 477 g/mol. The van der Waals surface area contributed by atoms with Crippen molar-refractivity contribution >= 4 is 28.3 Å². The Balaban J connectivity index is 1.22. The van der Waals surface area contributed by atoms with Crippen molar-refractivity contribution in [2.45, 2.75) is 44.8 Å². The molecule has 1 saturated heterocycles. The van der Waals surface area contributed by atoms with Crippen molar-refractivity contribution in [1.29, 1.82) is 0 Å². The molecule has 0 unspecified atom stereocenters. The van der Waals surface area contributed by atoms with Crippen LogP contribution in [0.25, 0.3) is 10.8 Å². The van der Waals surface area contributed by atoms with Gasteiger partial charge in [-0.15, -0.1) is 0 Å². The second-order valence-electron chi connectivity index (χ2n) is 9.05. The van der Waals surface area contributed by atoms with Crippen molar-refractivity contribution in [2.24, 2.45) is 0 Å². The largest absolute Gasteiger partial charge is 0.474 e. The van der Waals surface area contributed by atoms with Gasteiger partial charge < -0.3 is 24.4 Å². The summed E-state index contributed by atoms with van der Waals surface area (Å²) in [4.78, 5) is 27.0. The van der Waals surface area contributed by atoms with E-state index >= 15 is 0 Å². The number of rotatable bonds is 8. The molecule has 9 heteroatoms. The Kier molecular flexibility index (Phi) is 7.23. The van der Waals surface area contributed by atoms with Gasteiger partial charge in [-0.3, -0.25) is 4.79 Å². The normalized spacial score (nSPS) is 20.4. The van der Waals surface area contributed by atoms with Gasteiger partial charge in [0.05, 0.1) is 13.2 Å². The van der Waals surface area contributed by atoms with E-state index in [4.69, 9.17) is 19.2 Å². The first-order valence-corrected chi connectivity index (χ1v) is 12.2. The van der Waals surface area contributed by atoms with Crippen molar-refractivity contribution < 1.29 is 19.0 Å². The Morgan fingerprint density at radius 3 is 2.71 bits per heavy atom. The number of nitrogens with one attached hydrogen (secondary N) is 1. The summed E-state index contributed by atoms with van der Waals surface area (Å²) in [6.45, 7) is 4.61. The molecule has 0 atom stereocenters. The fourth-order valence-electron chi connectivity index (χ4n) is 4.53. The third-order valence-electron chi connectivity index (χ3n) is 6.37. The van der Waals surface area contributed by atoms with Crippen LogP contribution in [0.2, 0.25) is 0 Å². The lowest BCUT2D eigenvalue weighted by molar-refractivity contribution is -0.119. The number of ether oxygens (including phenoxy) is 3. The van der Waals surface area contributed by atoms with E-state index in [0.717, 1.165) is 68.6 Å². The summed E-state index contributed by atoms with van der Waals surface area (Å²) >= 11 is 0. The molecule has 2 fully saturated rings. The number of ketones is 1. The molecule has 3 aromatic rings. The first-order chi connectivity index (χ1) is 17.1. The van der Waals surface area contributed by atoms with Crippen LogP contribution in [0.5, 0.6) is 11.8 Å². The third kappa shape index (κ3) is 5.97. The van der Waals surface area contributed by atoms with Gasteiger partial charge in [-0.05, 0) is 50.1 Å². The number of morpholine rings is 1. The molecule has 1 aliphatic heterocycles. The molecule has 1 saturated carbocycles. The number of benzene rings is 1. The molecular formula is C26H31N5O4. The van der Waals surface area contributed by atoms with Crippen molar-refractivity contribution in [3.8, 4) is 11.8 Å². The zero-order valence-electron chi connectivity index (χ0n) is 20.0. The third-order valence-corrected chi connectivity index (χ3v) is 6.37. The van der Waals surface area contributed by atoms with E-state index < -0.39 is 0 Å². The van der Waals surface area contributed by atoms with E-state index in [9.17, 15) is 4.79 Å². The lowest BCUT2D eigenvalue weighted by atomic mass is 9.93. The Bertz CT molecular complexity index is 1160. The van der Waals surface area contributed by atoms with E-state index in [1.54, 1.807) is 12.3 Å². The number of anilines is 2. The summed E-state index contributed by atoms with van der Waals surface area (Å²) in [6.07, 6.45) is 5.44. The molecule has 1 N–H and O–H groups in total. The molecular weight excluding hydrogens is 446 g/mol. The molecule has 1 aromatic carbocycles. The van der Waals surface area contributed by atoms with Crippen LogP contribution in [-0.2, 0) is 9.53 Å². The highest BCUT2D eigenvalue weighted by atomic mass is 16.5. The molecule has 0 radical (unpaired) electrons. The van der Waals surface area contributed by atoms with Crippen LogP contribution in [0.1, 0.15) is 32.6 Å². The fourth-order valence-corrected chi connectivity index (χ4v) is 4.53. The van der Waals surface area contributed by atoms with E-state index in [0.29, 0.717) is 17.7 Å². The zero-order chi connectivity index (χ0) is 24.0. The highest BCUT2D eigenvalue weighted by Crippen LogP contribution is 2.32. The minimum atomic E-state index is -0.0470. The molecule has 2 aromatic heterocycles. The lowest BCUT2D eigenvalue weighted by Gasteiger charge is -2.31. The number of hydrogen-bond donors (Lipinski definition) is 1. The second kappa shape index (κ2) is 10.9. The van der Waals surface area contributed by atoms with Crippen LogP contribution in [0, 0.1) is 0 Å². The van der Waals surface area contributed by atoms with E-state index in [1.165, 1.54) is 6.92 Å². The summed E-state index contributed by atoms with van der Waals surface area (Å²) < 4.78 is 17.4. The average molecular weight is 478 g/mol. The van der Waals surface area contributed by atoms with Crippen LogP contribution in [0.15, 0.2) is 42.6 Å². The number of nitrogens with zero attached hydrogens (tertiary/aromatic N) is 4. The van der Waals surface area contributed by atoms with Crippen LogP contribution in [0.4, 0.5) is 11.8 Å². The second-order valence-corrected chi connectivity index (χ2v) is 9.05. The van der Waals surface area contributed by atoms with Gasteiger partial charge >= 0.3 is 0 Å². The Morgan fingerprint density at radius 1 is 1.11 bits per heavy atom. The van der Waals surface area contributed by atoms with Crippen LogP contribution < -0.4 is 19.7 Å². The van der Waals surface area contributed by atoms with Gasteiger partial charge in [0.2, 0.25) is 17.7 Å². The van der Waals surface area contributed by atoms with E-state index in [-0.39, 0.29) is 24.5 Å². The number of fused-ring (bicyclic) bond motifs is 1. The molecule has 3 heterocycles. The van der Waals surface area contributed by atoms with Crippen molar-refractivity contribution in [3.05, 3.63) is 42.6 Å². The average Bonchev–Trinajstić information content (AvgIpc) is 2.89. The molecule has 9 nitrogen and oxygen atoms in total. The molecule has 184 valence electrons. The molecule has 0 spiro atoms. The quantitative estimate of drug-likeness (QED) is 0.521. The molecule has 5 rings (SSSR count). The van der Waals surface area contributed by atoms with Gasteiger partial charge in [0.15, 0.2) is 5.78 Å². The Hall–Kier alpha value is -3.46. The Labute approximate surface area is 204 Å². The highest BCUT2D eigenvalue weighted by molar-refractivity contribution is 5.89. The summed E-state index contributed by atoms with van der Waals surface area (Å²) in [5.74, 6) is 2.52. The van der Waals surface area contributed by atoms with Gasteiger partial charge in [-0.1, -0.05) is 18.2 Å². The van der Waals surface area contributed by atoms with Crippen molar-refractivity contribution in [2.75, 3.05) is 43.1 Å². The Morgan fingerprint density at radius 2 is 1.91 bits per heavy atom. The minimum Gasteiger partial charge on any atom is -0.474 e. The van der Waals surface area contributed by atoms with Gasteiger partial charge in [0, 0.05) is 36.8 Å². The van der Waals surface area contributed by atoms with E-state index in [2.05, 4.69) is 38.4 Å². The fraction of sp³-hybridized carbons (Fsp3) is 0.462. The predicted molar refractivity (Wildman–Crippen MR) is 133 cm³/mol. The summed E-state index contributed by atoms with van der Waals surface area (Å²) in [6, 6.07) is 12.3. The van der Waals surface area contributed by atoms with Crippen molar-refractivity contribution in [1.82, 2.24) is 15.0 Å². The first-order valence-electron chi connectivity index (χ1n) is 12.2. The number of carbonyl (C=O) groups is 1. The van der Waals surface area contributed by atoms with E-state index in [1.807, 2.05) is 12.1 Å². The maximum atomic E-state index is 11.1. The predicted octanol–water partition coefficient (Wildman–Crippen LogP) is 3.63. The lowest BCUT2D eigenvalue weighted by Crippen LogP contribution is -2.37. The first kappa shape index (κ1) is 23.3. The maximum absolute atomic E-state index is 11.1. The molecule has 0 amide bonds. The van der Waals surface area contributed by atoms with Gasteiger partial charge in [0.25, 0.3) is 0 Å². The number of aromatic nitrogens is 3.